The number of hydrogen-bond acceptors (Lipinski definition) is 5. The zero-order valence-electron chi connectivity index (χ0n) is 14.8. The summed E-state index contributed by atoms with van der Waals surface area (Å²) in [6.45, 7) is 1.38. The highest BCUT2D eigenvalue weighted by molar-refractivity contribution is 5.63. The Morgan fingerprint density at radius 3 is 1.93 bits per heavy atom. The Morgan fingerprint density at radius 2 is 1.47 bits per heavy atom. The average Bonchev–Trinajstić information content (AvgIpc) is 2.66. The Balaban J connectivity index is 2.50. The lowest BCUT2D eigenvalue weighted by molar-refractivity contribution is -0.138. The molecule has 30 heavy (non-hydrogen) atoms. The fraction of sp³-hybridized carbons (Fsp3) is 0.105. The highest BCUT2D eigenvalue weighted by Gasteiger charge is 2.33. The third kappa shape index (κ3) is 4.62. The average molecular weight is 422 g/mol. The largest absolute Gasteiger partial charge is 0.448 e. The fourth-order valence-electron chi connectivity index (χ4n) is 2.21. The number of rotatable bonds is 4. The third-order valence-corrected chi connectivity index (χ3v) is 3.66. The first-order chi connectivity index (χ1) is 14.0. The summed E-state index contributed by atoms with van der Waals surface area (Å²) in [6.07, 6.45) is -5.01. The number of benzene rings is 2. The van der Waals surface area contributed by atoms with Crippen LogP contribution in [-0.2, 0) is 6.18 Å². The molecule has 0 unspecified atom stereocenters. The maximum absolute atomic E-state index is 14.2. The summed E-state index contributed by atoms with van der Waals surface area (Å²) in [5.74, 6) is -6.60. The molecule has 0 aromatic heterocycles. The molecule has 0 amide bonds. The van der Waals surface area contributed by atoms with Gasteiger partial charge in [-0.1, -0.05) is 0 Å². The smallest absolute Gasteiger partial charge is 0.416 e. The van der Waals surface area contributed by atoms with E-state index in [1.54, 1.807) is 6.07 Å². The van der Waals surface area contributed by atoms with Crippen molar-refractivity contribution in [3.05, 3.63) is 64.1 Å². The van der Waals surface area contributed by atoms with Gasteiger partial charge in [-0.05, 0) is 30.7 Å². The van der Waals surface area contributed by atoms with Crippen LogP contribution in [0.1, 0.15) is 11.1 Å². The molecule has 0 aliphatic carbocycles. The second kappa shape index (κ2) is 8.46. The van der Waals surface area contributed by atoms with Crippen LogP contribution in [0.5, 0.6) is 11.5 Å². The lowest BCUT2D eigenvalue weighted by Gasteiger charge is -2.15. The Bertz CT molecular complexity index is 1130. The van der Waals surface area contributed by atoms with Crippen molar-refractivity contribution in [1.29, 1.82) is 15.8 Å². The summed E-state index contributed by atoms with van der Waals surface area (Å²) in [7, 11) is 0. The zero-order chi connectivity index (χ0) is 22.6. The van der Waals surface area contributed by atoms with E-state index >= 15 is 0 Å². The Hall–Kier alpha value is -4.17. The summed E-state index contributed by atoms with van der Waals surface area (Å²) in [6, 6.07) is 6.22. The number of halogens is 6. The molecule has 0 aliphatic rings. The van der Waals surface area contributed by atoms with Gasteiger partial charge < -0.3 is 10.1 Å². The van der Waals surface area contributed by atoms with E-state index in [9.17, 15) is 26.3 Å². The first-order valence-corrected chi connectivity index (χ1v) is 7.77. The molecule has 11 heteroatoms. The van der Waals surface area contributed by atoms with Crippen LogP contribution >= 0.6 is 0 Å². The van der Waals surface area contributed by atoms with Crippen LogP contribution in [0.3, 0.4) is 0 Å². The van der Waals surface area contributed by atoms with E-state index < -0.39 is 52.0 Å². The molecule has 152 valence electrons. The van der Waals surface area contributed by atoms with Crippen LogP contribution in [-0.4, -0.2) is 0 Å². The molecule has 0 saturated carbocycles. The van der Waals surface area contributed by atoms with E-state index in [1.807, 2.05) is 0 Å². The Labute approximate surface area is 165 Å². The molecular weight excluding hydrogens is 414 g/mol. The highest BCUT2D eigenvalue weighted by Crippen LogP contribution is 2.37. The summed E-state index contributed by atoms with van der Waals surface area (Å²) < 4.78 is 84.8. The number of allylic oxidation sites excluding steroid dienone is 2. The van der Waals surface area contributed by atoms with Crippen LogP contribution in [0.4, 0.5) is 32.0 Å². The van der Waals surface area contributed by atoms with Gasteiger partial charge in [0.1, 0.15) is 23.9 Å². The number of nitrogens with zero attached hydrogens (tertiary/aromatic N) is 3. The number of hydrogen-bond donors (Lipinski definition) is 1. The van der Waals surface area contributed by atoms with E-state index in [-0.39, 0.29) is 23.4 Å². The van der Waals surface area contributed by atoms with Crippen molar-refractivity contribution in [2.24, 2.45) is 0 Å². The lowest BCUT2D eigenvalue weighted by Crippen LogP contribution is -2.07. The maximum atomic E-state index is 14.2. The van der Waals surface area contributed by atoms with Crippen LogP contribution in [0, 0.1) is 58.4 Å². The van der Waals surface area contributed by atoms with E-state index in [4.69, 9.17) is 20.5 Å². The number of alkyl halides is 3. The van der Waals surface area contributed by atoms with Gasteiger partial charge in [0.05, 0.1) is 5.56 Å². The lowest BCUT2D eigenvalue weighted by atomic mass is 10.1. The summed E-state index contributed by atoms with van der Waals surface area (Å²) in [5, 5.41) is 29.1. The second-order valence-corrected chi connectivity index (χ2v) is 5.68. The Kier molecular flexibility index (Phi) is 6.24. The number of nitriles is 3. The SMILES string of the molecule is Cc1cc(F)c(Oc2c(F)cc(C(F)(F)F)cc2F)cc1NC(C#N)=C(C#N)C#N. The van der Waals surface area contributed by atoms with Crippen molar-refractivity contribution in [3.63, 3.8) is 0 Å². The molecule has 0 spiro atoms. The van der Waals surface area contributed by atoms with Crippen molar-refractivity contribution in [2.75, 3.05) is 5.32 Å². The third-order valence-electron chi connectivity index (χ3n) is 3.66. The van der Waals surface area contributed by atoms with Gasteiger partial charge >= 0.3 is 6.18 Å². The summed E-state index contributed by atoms with van der Waals surface area (Å²) in [5.41, 5.74) is -2.55. The number of ether oxygens (including phenoxy) is 1. The number of nitrogens with one attached hydrogen (secondary N) is 1. The van der Waals surface area contributed by atoms with Crippen LogP contribution in [0.2, 0.25) is 0 Å². The van der Waals surface area contributed by atoms with Gasteiger partial charge in [-0.15, -0.1) is 0 Å². The molecule has 1 N–H and O–H groups in total. The predicted octanol–water partition coefficient (Wildman–Crippen LogP) is 5.46. The molecule has 2 aromatic carbocycles. The van der Waals surface area contributed by atoms with Gasteiger partial charge in [0.15, 0.2) is 34.5 Å². The molecule has 0 aliphatic heterocycles. The van der Waals surface area contributed by atoms with Gasteiger partial charge in [-0.2, -0.15) is 29.0 Å². The van der Waals surface area contributed by atoms with Gasteiger partial charge in [0.2, 0.25) is 0 Å². The molecule has 0 radical (unpaired) electrons. The monoisotopic (exact) mass is 422 g/mol. The van der Waals surface area contributed by atoms with E-state index in [1.165, 1.54) is 19.1 Å². The standard InChI is InChI=1S/C19H8F6N4O/c1-9-2-12(20)17(5-15(9)29-16(8-28)10(6-26)7-27)30-18-13(21)3-11(4-14(18)22)19(23,24)25/h2-5,29H,1H3. The minimum absolute atomic E-state index is 0.00763. The predicted molar refractivity (Wildman–Crippen MR) is 90.1 cm³/mol. The molecule has 2 aromatic rings. The van der Waals surface area contributed by atoms with E-state index in [0.29, 0.717) is 0 Å². The first kappa shape index (κ1) is 22.1. The molecule has 5 nitrogen and oxygen atoms in total. The van der Waals surface area contributed by atoms with Crippen LogP contribution in [0.25, 0.3) is 0 Å². The van der Waals surface area contributed by atoms with Gasteiger partial charge in [0, 0.05) is 11.8 Å². The topological polar surface area (TPSA) is 92.6 Å². The minimum atomic E-state index is -5.01. The van der Waals surface area contributed by atoms with Crippen molar-refractivity contribution in [3.8, 4) is 29.7 Å². The fourth-order valence-corrected chi connectivity index (χ4v) is 2.21. The molecule has 0 fully saturated rings. The van der Waals surface area contributed by atoms with Gasteiger partial charge in [-0.3, -0.25) is 0 Å². The van der Waals surface area contributed by atoms with Crippen molar-refractivity contribution >= 4 is 5.69 Å². The van der Waals surface area contributed by atoms with Crippen molar-refractivity contribution in [1.82, 2.24) is 0 Å². The van der Waals surface area contributed by atoms with Gasteiger partial charge in [-0.25, -0.2) is 13.2 Å². The number of anilines is 1. The van der Waals surface area contributed by atoms with Crippen molar-refractivity contribution < 1.29 is 31.1 Å². The first-order valence-electron chi connectivity index (χ1n) is 7.77. The molecule has 0 bridgehead atoms. The van der Waals surface area contributed by atoms with Crippen LogP contribution < -0.4 is 10.1 Å². The molecule has 0 atom stereocenters. The van der Waals surface area contributed by atoms with Crippen LogP contribution in [0.15, 0.2) is 35.5 Å². The summed E-state index contributed by atoms with van der Waals surface area (Å²) >= 11 is 0. The molecule has 0 saturated heterocycles. The highest BCUT2D eigenvalue weighted by atomic mass is 19.4. The molecule has 2 rings (SSSR count). The summed E-state index contributed by atoms with van der Waals surface area (Å²) in [4.78, 5) is 0. The van der Waals surface area contributed by atoms with Gasteiger partial charge in [0.25, 0.3) is 0 Å². The zero-order valence-corrected chi connectivity index (χ0v) is 14.8. The maximum Gasteiger partial charge on any atom is 0.416 e. The quantitative estimate of drug-likeness (QED) is 0.522. The Morgan fingerprint density at radius 1 is 0.900 bits per heavy atom. The van der Waals surface area contributed by atoms with E-state index in [0.717, 1.165) is 12.1 Å². The molecule has 0 heterocycles. The normalized spacial score (nSPS) is 10.4. The second-order valence-electron chi connectivity index (χ2n) is 5.68. The number of aryl methyl sites for hydroxylation is 1. The van der Waals surface area contributed by atoms with E-state index in [2.05, 4.69) is 5.32 Å². The molecular formula is C19H8F6N4O. The van der Waals surface area contributed by atoms with Crippen molar-refractivity contribution in [2.45, 2.75) is 13.1 Å². The minimum Gasteiger partial charge on any atom is -0.448 e.